The third-order valence-corrected chi connectivity index (χ3v) is 4.98. The molecule has 3 rings (SSSR count). The smallest absolute Gasteiger partial charge is 0.220 e. The van der Waals surface area contributed by atoms with E-state index in [0.717, 1.165) is 49.5 Å². The summed E-state index contributed by atoms with van der Waals surface area (Å²) < 4.78 is 5.15. The van der Waals surface area contributed by atoms with Crippen LogP contribution in [0.25, 0.3) is 0 Å². The second-order valence-electron chi connectivity index (χ2n) is 6.91. The Morgan fingerprint density at radius 2 is 1.96 bits per heavy atom. The molecule has 1 aliphatic rings. The highest BCUT2D eigenvalue weighted by Crippen LogP contribution is 2.16. The highest BCUT2D eigenvalue weighted by Gasteiger charge is 2.21. The van der Waals surface area contributed by atoms with Gasteiger partial charge in [-0.3, -0.25) is 9.69 Å². The van der Waals surface area contributed by atoms with Gasteiger partial charge in [-0.2, -0.15) is 0 Å². The van der Waals surface area contributed by atoms with Gasteiger partial charge in [-0.25, -0.2) is 0 Å². The molecular weight excluding hydrogens is 314 g/mol. The van der Waals surface area contributed by atoms with Crippen molar-refractivity contribution in [1.29, 1.82) is 0 Å². The molecule has 5 nitrogen and oxygen atoms in total. The van der Waals surface area contributed by atoms with E-state index in [1.165, 1.54) is 5.56 Å². The van der Waals surface area contributed by atoms with E-state index >= 15 is 0 Å². The Balaban J connectivity index is 1.39. The van der Waals surface area contributed by atoms with Crippen LogP contribution in [0.1, 0.15) is 41.8 Å². The van der Waals surface area contributed by atoms with Crippen LogP contribution in [0.4, 0.5) is 0 Å². The predicted molar refractivity (Wildman–Crippen MR) is 97.2 cm³/mol. The van der Waals surface area contributed by atoms with Crippen molar-refractivity contribution in [2.45, 2.75) is 52.1 Å². The number of nitrogens with zero attached hydrogens (tertiary/aromatic N) is 2. The van der Waals surface area contributed by atoms with Gasteiger partial charge in [0.15, 0.2) is 0 Å². The van der Waals surface area contributed by atoms with Gasteiger partial charge in [-0.1, -0.05) is 35.5 Å². The van der Waals surface area contributed by atoms with Crippen LogP contribution in [0.3, 0.4) is 0 Å². The number of nitrogens with one attached hydrogen (secondary N) is 1. The molecule has 25 heavy (non-hydrogen) atoms. The average Bonchev–Trinajstić information content (AvgIpc) is 2.94. The monoisotopic (exact) mass is 341 g/mol. The first-order valence-electron chi connectivity index (χ1n) is 9.09. The normalized spacial score (nSPS) is 16.1. The quantitative estimate of drug-likeness (QED) is 0.877. The maximum absolute atomic E-state index is 12.2. The molecule has 0 atom stereocenters. The van der Waals surface area contributed by atoms with Crippen molar-refractivity contribution in [2.24, 2.45) is 0 Å². The molecule has 1 aromatic heterocycles. The number of rotatable bonds is 6. The molecular formula is C20H27N3O2. The van der Waals surface area contributed by atoms with E-state index in [1.54, 1.807) is 0 Å². The Hall–Kier alpha value is -2.14. The van der Waals surface area contributed by atoms with Crippen molar-refractivity contribution in [1.82, 2.24) is 15.4 Å². The van der Waals surface area contributed by atoms with Crippen molar-refractivity contribution >= 4 is 5.91 Å². The number of likely N-dealkylation sites (tertiary alicyclic amines) is 1. The van der Waals surface area contributed by atoms with Crippen molar-refractivity contribution < 1.29 is 9.32 Å². The molecule has 0 bridgehead atoms. The highest BCUT2D eigenvalue weighted by molar-refractivity contribution is 5.76. The van der Waals surface area contributed by atoms with Gasteiger partial charge >= 0.3 is 0 Å². The topological polar surface area (TPSA) is 58.4 Å². The second kappa shape index (κ2) is 8.30. The van der Waals surface area contributed by atoms with Crippen LogP contribution in [-0.2, 0) is 17.8 Å². The number of carbonyl (C=O) groups excluding carboxylic acids is 1. The van der Waals surface area contributed by atoms with Crippen LogP contribution in [0.15, 0.2) is 34.9 Å². The largest absolute Gasteiger partial charge is 0.361 e. The Morgan fingerprint density at radius 3 is 2.60 bits per heavy atom. The highest BCUT2D eigenvalue weighted by atomic mass is 16.5. The lowest BCUT2D eigenvalue weighted by Crippen LogP contribution is -2.44. The van der Waals surface area contributed by atoms with Gasteiger partial charge in [-0.05, 0) is 38.7 Å². The fourth-order valence-electron chi connectivity index (χ4n) is 3.47. The molecule has 2 aromatic rings. The second-order valence-corrected chi connectivity index (χ2v) is 6.91. The van der Waals surface area contributed by atoms with Crippen LogP contribution in [0.5, 0.6) is 0 Å². The standard InChI is InChI=1S/C20H27N3O2/c1-15-19(16(2)25-22-15)8-9-20(24)21-18-10-12-23(13-11-18)14-17-6-4-3-5-7-17/h3-7,18H,8-14H2,1-2H3,(H,21,24). The van der Waals surface area contributed by atoms with Crippen molar-refractivity contribution in [3.8, 4) is 0 Å². The van der Waals surface area contributed by atoms with E-state index in [2.05, 4.69) is 39.6 Å². The summed E-state index contributed by atoms with van der Waals surface area (Å²) in [6.07, 6.45) is 3.22. The maximum Gasteiger partial charge on any atom is 0.220 e. The summed E-state index contributed by atoms with van der Waals surface area (Å²) in [5.74, 6) is 0.945. The Kier molecular flexibility index (Phi) is 5.87. The number of piperidine rings is 1. The molecule has 1 aromatic carbocycles. The minimum atomic E-state index is 0.126. The Labute approximate surface area is 149 Å². The molecule has 0 spiro atoms. The van der Waals surface area contributed by atoms with Crippen LogP contribution >= 0.6 is 0 Å². The SMILES string of the molecule is Cc1noc(C)c1CCC(=O)NC1CCN(Cc2ccccc2)CC1. The summed E-state index contributed by atoms with van der Waals surface area (Å²) in [6, 6.07) is 10.9. The molecule has 1 aliphatic heterocycles. The lowest BCUT2D eigenvalue weighted by Gasteiger charge is -2.32. The average molecular weight is 341 g/mol. The van der Waals surface area contributed by atoms with Gasteiger partial charge in [0.05, 0.1) is 5.69 Å². The summed E-state index contributed by atoms with van der Waals surface area (Å²) in [6.45, 7) is 6.88. The lowest BCUT2D eigenvalue weighted by molar-refractivity contribution is -0.122. The van der Waals surface area contributed by atoms with Gasteiger partial charge in [0, 0.05) is 37.7 Å². The van der Waals surface area contributed by atoms with E-state index in [-0.39, 0.29) is 5.91 Å². The number of aryl methyl sites for hydroxylation is 2. The number of hydrogen-bond donors (Lipinski definition) is 1. The fraction of sp³-hybridized carbons (Fsp3) is 0.500. The zero-order chi connectivity index (χ0) is 17.6. The van der Waals surface area contributed by atoms with E-state index in [0.29, 0.717) is 18.9 Å². The van der Waals surface area contributed by atoms with Gasteiger partial charge < -0.3 is 9.84 Å². The van der Waals surface area contributed by atoms with Gasteiger partial charge in [0.1, 0.15) is 5.76 Å². The molecule has 1 fully saturated rings. The first-order valence-corrected chi connectivity index (χ1v) is 9.09. The van der Waals surface area contributed by atoms with Gasteiger partial charge in [0.25, 0.3) is 0 Å². The zero-order valence-corrected chi connectivity index (χ0v) is 15.1. The molecule has 1 amide bonds. The Bertz CT molecular complexity index is 669. The molecule has 0 saturated carbocycles. The van der Waals surface area contributed by atoms with E-state index in [9.17, 15) is 4.79 Å². The van der Waals surface area contributed by atoms with Gasteiger partial charge in [0.2, 0.25) is 5.91 Å². The fourth-order valence-corrected chi connectivity index (χ4v) is 3.47. The first-order chi connectivity index (χ1) is 12.1. The van der Waals surface area contributed by atoms with Gasteiger partial charge in [-0.15, -0.1) is 0 Å². The number of benzene rings is 1. The third-order valence-electron chi connectivity index (χ3n) is 4.98. The number of hydrogen-bond acceptors (Lipinski definition) is 4. The third kappa shape index (κ3) is 4.92. The van der Waals surface area contributed by atoms with Crippen LogP contribution in [0.2, 0.25) is 0 Å². The molecule has 1 N–H and O–H groups in total. The van der Waals surface area contributed by atoms with E-state index in [1.807, 2.05) is 19.9 Å². The summed E-state index contributed by atoms with van der Waals surface area (Å²) in [5, 5.41) is 7.13. The summed E-state index contributed by atoms with van der Waals surface area (Å²) in [7, 11) is 0. The Morgan fingerprint density at radius 1 is 1.24 bits per heavy atom. The van der Waals surface area contributed by atoms with Crippen LogP contribution < -0.4 is 5.32 Å². The molecule has 134 valence electrons. The summed E-state index contributed by atoms with van der Waals surface area (Å²) >= 11 is 0. The van der Waals surface area contributed by atoms with E-state index in [4.69, 9.17) is 4.52 Å². The van der Waals surface area contributed by atoms with Crippen molar-refractivity contribution in [3.05, 3.63) is 52.9 Å². The molecule has 5 heteroatoms. The predicted octanol–water partition coefficient (Wildman–Crippen LogP) is 3.00. The molecule has 1 saturated heterocycles. The number of carbonyl (C=O) groups is 1. The summed E-state index contributed by atoms with van der Waals surface area (Å²) in [4.78, 5) is 14.7. The lowest BCUT2D eigenvalue weighted by atomic mass is 10.0. The minimum Gasteiger partial charge on any atom is -0.361 e. The maximum atomic E-state index is 12.2. The first kappa shape index (κ1) is 17.7. The van der Waals surface area contributed by atoms with E-state index < -0.39 is 0 Å². The molecule has 2 heterocycles. The molecule has 0 unspecified atom stereocenters. The zero-order valence-electron chi connectivity index (χ0n) is 15.1. The number of amides is 1. The minimum absolute atomic E-state index is 0.126. The van der Waals surface area contributed by atoms with Crippen LogP contribution in [0, 0.1) is 13.8 Å². The molecule has 0 aliphatic carbocycles. The van der Waals surface area contributed by atoms with Crippen LogP contribution in [-0.4, -0.2) is 35.1 Å². The summed E-state index contributed by atoms with van der Waals surface area (Å²) in [5.41, 5.74) is 3.30. The van der Waals surface area contributed by atoms with Crippen molar-refractivity contribution in [2.75, 3.05) is 13.1 Å². The molecule has 0 radical (unpaired) electrons. The number of aromatic nitrogens is 1. The van der Waals surface area contributed by atoms with Crippen molar-refractivity contribution in [3.63, 3.8) is 0 Å².